The third-order valence-corrected chi connectivity index (χ3v) is 6.41. The SMILES string of the molecule is Nc1c(C(=O)c2c([O-])on[n+]2-c2ccccc2)sc2nc(-c3ccc4c(c3)OCO4)ccc12. The van der Waals surface area contributed by atoms with Gasteiger partial charge >= 0.3 is 5.69 Å². The number of anilines is 1. The maximum Gasteiger partial charge on any atom is 0.312 e. The average molecular weight is 458 g/mol. The molecular formula is C23H14N4O5S. The summed E-state index contributed by atoms with van der Waals surface area (Å²) in [6.07, 6.45) is 0. The topological polar surface area (TPSA) is 127 Å². The van der Waals surface area contributed by atoms with Crippen LogP contribution in [-0.4, -0.2) is 22.8 Å². The zero-order chi connectivity index (χ0) is 22.5. The second-order valence-corrected chi connectivity index (χ2v) is 8.25. The van der Waals surface area contributed by atoms with E-state index in [1.54, 1.807) is 24.3 Å². The van der Waals surface area contributed by atoms with Crippen LogP contribution >= 0.6 is 11.3 Å². The van der Waals surface area contributed by atoms with Crippen molar-refractivity contribution in [2.45, 2.75) is 0 Å². The summed E-state index contributed by atoms with van der Waals surface area (Å²) in [5.74, 6) is -0.0799. The van der Waals surface area contributed by atoms with E-state index < -0.39 is 11.7 Å². The number of fused-ring (bicyclic) bond motifs is 2. The van der Waals surface area contributed by atoms with E-state index in [1.165, 1.54) is 4.68 Å². The Bertz CT molecular complexity index is 1540. The summed E-state index contributed by atoms with van der Waals surface area (Å²) in [6, 6.07) is 18.0. The van der Waals surface area contributed by atoms with Crippen LogP contribution in [0.5, 0.6) is 17.4 Å². The Balaban J connectivity index is 1.42. The Morgan fingerprint density at radius 3 is 2.73 bits per heavy atom. The highest BCUT2D eigenvalue weighted by Crippen LogP contribution is 2.38. The lowest BCUT2D eigenvalue weighted by Crippen LogP contribution is -2.39. The molecule has 6 rings (SSSR count). The number of ketones is 1. The van der Waals surface area contributed by atoms with Gasteiger partial charge in [0.1, 0.15) is 9.71 Å². The summed E-state index contributed by atoms with van der Waals surface area (Å²) in [5, 5.41) is 16.7. The van der Waals surface area contributed by atoms with Crippen LogP contribution in [0.3, 0.4) is 0 Å². The van der Waals surface area contributed by atoms with Crippen LogP contribution in [-0.2, 0) is 0 Å². The number of hydrogen-bond donors (Lipinski definition) is 1. The second kappa shape index (κ2) is 7.31. The van der Waals surface area contributed by atoms with Gasteiger partial charge in [-0.05, 0) is 35.0 Å². The van der Waals surface area contributed by atoms with Crippen LogP contribution in [0.25, 0.3) is 27.2 Å². The summed E-state index contributed by atoms with van der Waals surface area (Å²) in [6.45, 7) is 0.186. The van der Waals surface area contributed by atoms with Gasteiger partial charge in [-0.1, -0.05) is 18.2 Å². The maximum absolute atomic E-state index is 13.3. The fourth-order valence-electron chi connectivity index (χ4n) is 3.67. The van der Waals surface area contributed by atoms with Crippen molar-refractivity contribution in [1.29, 1.82) is 0 Å². The molecule has 2 aromatic carbocycles. The van der Waals surface area contributed by atoms with Gasteiger partial charge in [-0.2, -0.15) is 0 Å². The van der Waals surface area contributed by atoms with Crippen molar-refractivity contribution >= 4 is 33.0 Å². The standard InChI is InChI=1S/C23H14N4O5S/c24-18-14-7-8-15(12-6-9-16-17(10-12)31-11-30-16)25-22(14)33-21(18)20(28)19-23(29)32-26-27(19)13-4-2-1-3-5-13/h1-10H,11H2,(H2-,24,26,28,29). The van der Waals surface area contributed by atoms with Crippen LogP contribution in [0.2, 0.25) is 0 Å². The molecule has 0 spiro atoms. The first kappa shape index (κ1) is 19.3. The van der Waals surface area contributed by atoms with Gasteiger partial charge in [-0.3, -0.25) is 4.79 Å². The Morgan fingerprint density at radius 1 is 1.06 bits per heavy atom. The van der Waals surface area contributed by atoms with E-state index in [1.807, 2.05) is 36.4 Å². The molecule has 0 atom stereocenters. The molecule has 33 heavy (non-hydrogen) atoms. The van der Waals surface area contributed by atoms with E-state index in [0.29, 0.717) is 33.1 Å². The molecule has 0 saturated carbocycles. The highest BCUT2D eigenvalue weighted by atomic mass is 32.1. The van der Waals surface area contributed by atoms with Crippen LogP contribution in [0.4, 0.5) is 5.69 Å². The van der Waals surface area contributed by atoms with Gasteiger partial charge in [-0.15, -0.1) is 11.3 Å². The van der Waals surface area contributed by atoms with Gasteiger partial charge in [0.05, 0.1) is 16.7 Å². The third kappa shape index (κ3) is 3.07. The van der Waals surface area contributed by atoms with E-state index >= 15 is 0 Å². The first-order valence-electron chi connectivity index (χ1n) is 9.88. The number of benzene rings is 2. The summed E-state index contributed by atoms with van der Waals surface area (Å²) >= 11 is 1.11. The average Bonchev–Trinajstić information content (AvgIpc) is 3.55. The number of pyridine rings is 1. The molecule has 2 N–H and O–H groups in total. The Hall–Kier alpha value is -4.44. The van der Waals surface area contributed by atoms with E-state index in [2.05, 4.69) is 10.3 Å². The van der Waals surface area contributed by atoms with Crippen molar-refractivity contribution in [3.05, 3.63) is 71.2 Å². The van der Waals surface area contributed by atoms with E-state index in [0.717, 1.165) is 16.9 Å². The number of hydrogen-bond acceptors (Lipinski definition) is 9. The molecule has 1 aliphatic rings. The first-order chi connectivity index (χ1) is 16.1. The van der Waals surface area contributed by atoms with Crippen molar-refractivity contribution in [1.82, 2.24) is 10.3 Å². The number of para-hydroxylation sites is 1. The van der Waals surface area contributed by atoms with Gasteiger partial charge < -0.3 is 24.8 Å². The smallest absolute Gasteiger partial charge is 0.312 e. The molecular weight excluding hydrogens is 444 g/mol. The monoisotopic (exact) mass is 458 g/mol. The number of thiophene rings is 1. The molecule has 3 aromatic heterocycles. The second-order valence-electron chi connectivity index (χ2n) is 7.25. The molecule has 4 heterocycles. The molecule has 0 amide bonds. The van der Waals surface area contributed by atoms with Gasteiger partial charge in [-0.25, -0.2) is 4.98 Å². The van der Waals surface area contributed by atoms with Crippen molar-refractivity contribution < 1.29 is 28.6 Å². The zero-order valence-electron chi connectivity index (χ0n) is 16.8. The van der Waals surface area contributed by atoms with Gasteiger partial charge in [0, 0.05) is 23.1 Å². The number of carbonyl (C=O) groups is 1. The lowest BCUT2D eigenvalue weighted by molar-refractivity contribution is -0.672. The minimum atomic E-state index is -0.838. The lowest BCUT2D eigenvalue weighted by atomic mass is 10.1. The number of nitrogens with zero attached hydrogens (tertiary/aromatic N) is 3. The number of nitrogen functional groups attached to an aromatic ring is 1. The molecule has 0 fully saturated rings. The van der Waals surface area contributed by atoms with Crippen molar-refractivity contribution in [3.8, 4) is 34.4 Å². The molecule has 0 unspecified atom stereocenters. The predicted molar refractivity (Wildman–Crippen MR) is 117 cm³/mol. The first-order valence-corrected chi connectivity index (χ1v) is 10.7. The summed E-state index contributed by atoms with van der Waals surface area (Å²) < 4.78 is 16.8. The van der Waals surface area contributed by atoms with Crippen LogP contribution in [0.15, 0.2) is 65.2 Å². The molecule has 9 nitrogen and oxygen atoms in total. The van der Waals surface area contributed by atoms with E-state index in [4.69, 9.17) is 19.7 Å². The minimum Gasteiger partial charge on any atom is -0.539 e. The summed E-state index contributed by atoms with van der Waals surface area (Å²) in [4.78, 5) is 18.8. The van der Waals surface area contributed by atoms with Crippen LogP contribution < -0.4 is 25.0 Å². The van der Waals surface area contributed by atoms with E-state index in [9.17, 15) is 9.90 Å². The molecule has 0 saturated heterocycles. The minimum absolute atomic E-state index is 0.186. The van der Waals surface area contributed by atoms with Crippen molar-refractivity contribution in [2.75, 3.05) is 12.5 Å². The quantitative estimate of drug-likeness (QED) is 0.322. The summed E-state index contributed by atoms with van der Waals surface area (Å²) in [5.41, 5.74) is 8.38. The lowest BCUT2D eigenvalue weighted by Gasteiger charge is -2.03. The van der Waals surface area contributed by atoms with E-state index in [-0.39, 0.29) is 23.1 Å². The maximum atomic E-state index is 13.3. The normalized spacial score (nSPS) is 12.4. The van der Waals surface area contributed by atoms with Crippen LogP contribution in [0, 0.1) is 0 Å². The fourth-order valence-corrected chi connectivity index (χ4v) is 4.71. The highest BCUT2D eigenvalue weighted by molar-refractivity contribution is 7.21. The zero-order valence-corrected chi connectivity index (χ0v) is 17.7. The Morgan fingerprint density at radius 2 is 1.88 bits per heavy atom. The molecule has 162 valence electrons. The van der Waals surface area contributed by atoms with Gasteiger partial charge in [0.2, 0.25) is 12.5 Å². The Labute approximate surface area is 190 Å². The molecule has 1 aliphatic heterocycles. The van der Waals surface area contributed by atoms with Gasteiger partial charge in [0.25, 0.3) is 5.78 Å². The number of ether oxygens (including phenoxy) is 2. The van der Waals surface area contributed by atoms with Gasteiger partial charge in [0.15, 0.2) is 17.4 Å². The largest absolute Gasteiger partial charge is 0.539 e. The highest BCUT2D eigenvalue weighted by Gasteiger charge is 2.32. The number of aromatic nitrogens is 3. The molecule has 10 heteroatoms. The number of rotatable bonds is 4. The predicted octanol–water partition coefficient (Wildman–Crippen LogP) is 2.84. The van der Waals surface area contributed by atoms with Crippen molar-refractivity contribution in [2.24, 2.45) is 0 Å². The third-order valence-electron chi connectivity index (χ3n) is 5.29. The summed E-state index contributed by atoms with van der Waals surface area (Å²) in [7, 11) is 0. The molecule has 0 aliphatic carbocycles. The van der Waals surface area contributed by atoms with Crippen LogP contribution in [0.1, 0.15) is 15.4 Å². The van der Waals surface area contributed by atoms with Crippen molar-refractivity contribution in [3.63, 3.8) is 0 Å². The molecule has 0 bridgehead atoms. The Kier molecular flexibility index (Phi) is 4.27. The fraction of sp³-hybridized carbons (Fsp3) is 0.0435. The molecule has 5 aromatic rings. The molecule has 0 radical (unpaired) electrons. The number of nitrogens with two attached hydrogens (primary N) is 1. The number of carbonyl (C=O) groups excluding carboxylic acids is 1.